The summed E-state index contributed by atoms with van der Waals surface area (Å²) in [6, 6.07) is 2.50. The Kier molecular flexibility index (Phi) is 8.38. The standard InChI is InChI=1S/C24H54OSi2/c1-19(2)17-26(21(5,6)7,22(8,9)10)25-27(18-20(3)4,23(11,12)13)24(14,15)16/h19-20H,17-18H2,1-16H3. The zero-order valence-electron chi connectivity index (χ0n) is 22.0. The zero-order chi connectivity index (χ0) is 22.3. The van der Waals surface area contributed by atoms with E-state index in [1.54, 1.807) is 0 Å². The summed E-state index contributed by atoms with van der Waals surface area (Å²) >= 11 is 0. The molecule has 0 aliphatic rings. The third-order valence-electron chi connectivity index (χ3n) is 6.59. The van der Waals surface area contributed by atoms with Gasteiger partial charge in [-0.15, -0.1) is 0 Å². The summed E-state index contributed by atoms with van der Waals surface area (Å²) in [5.41, 5.74) is 0. The summed E-state index contributed by atoms with van der Waals surface area (Å²) in [6.45, 7) is 39.1. The second kappa shape index (κ2) is 8.26. The summed E-state index contributed by atoms with van der Waals surface area (Å²) in [7, 11) is -4.24. The lowest BCUT2D eigenvalue weighted by atomic mass is 10.2. The Morgan fingerprint density at radius 3 is 0.778 bits per heavy atom. The van der Waals surface area contributed by atoms with Gasteiger partial charge >= 0.3 is 0 Å². The molecule has 0 unspecified atom stereocenters. The van der Waals surface area contributed by atoms with Crippen LogP contribution in [0.1, 0.15) is 111 Å². The van der Waals surface area contributed by atoms with E-state index in [1.165, 1.54) is 12.1 Å². The highest BCUT2D eigenvalue weighted by atomic mass is 28.4. The average Bonchev–Trinajstić information content (AvgIpc) is 2.29. The minimum Gasteiger partial charge on any atom is -0.453 e. The fourth-order valence-electron chi connectivity index (χ4n) is 5.62. The maximum atomic E-state index is 7.98. The molecule has 27 heavy (non-hydrogen) atoms. The van der Waals surface area contributed by atoms with Crippen LogP contribution in [0.25, 0.3) is 0 Å². The van der Waals surface area contributed by atoms with Crippen LogP contribution >= 0.6 is 0 Å². The summed E-state index contributed by atoms with van der Waals surface area (Å²) < 4.78 is 7.98. The summed E-state index contributed by atoms with van der Waals surface area (Å²) in [6.07, 6.45) is 0. The van der Waals surface area contributed by atoms with Gasteiger partial charge in [0.05, 0.1) is 0 Å². The van der Waals surface area contributed by atoms with Gasteiger partial charge in [0.1, 0.15) is 0 Å². The van der Waals surface area contributed by atoms with E-state index in [2.05, 4.69) is 111 Å². The van der Waals surface area contributed by atoms with Gasteiger partial charge in [-0.3, -0.25) is 0 Å². The first-order valence-electron chi connectivity index (χ1n) is 11.2. The van der Waals surface area contributed by atoms with Crippen LogP contribution in [0.3, 0.4) is 0 Å². The van der Waals surface area contributed by atoms with Crippen LogP contribution in [-0.2, 0) is 4.12 Å². The first-order valence-corrected chi connectivity index (χ1v) is 15.5. The minimum atomic E-state index is -2.12. The van der Waals surface area contributed by atoms with Crippen molar-refractivity contribution in [1.82, 2.24) is 0 Å². The number of rotatable bonds is 6. The number of hydrogen-bond acceptors (Lipinski definition) is 1. The highest BCUT2D eigenvalue weighted by Gasteiger charge is 2.64. The molecule has 0 radical (unpaired) electrons. The lowest BCUT2D eigenvalue weighted by Crippen LogP contribution is -2.67. The van der Waals surface area contributed by atoms with E-state index in [0.717, 1.165) is 0 Å². The fourth-order valence-corrected chi connectivity index (χ4v) is 22.8. The van der Waals surface area contributed by atoms with Crippen LogP contribution in [-0.4, -0.2) is 16.6 Å². The lowest BCUT2D eigenvalue weighted by Gasteiger charge is -2.62. The van der Waals surface area contributed by atoms with Gasteiger partial charge in [-0.05, 0) is 44.1 Å². The molecular weight excluding hydrogens is 360 g/mol. The molecule has 0 spiro atoms. The second-order valence-corrected chi connectivity index (χ2v) is 24.9. The van der Waals surface area contributed by atoms with Crippen LogP contribution in [0.5, 0.6) is 0 Å². The molecule has 0 atom stereocenters. The molecule has 1 nitrogen and oxygen atoms in total. The molecule has 0 aliphatic heterocycles. The van der Waals surface area contributed by atoms with Crippen molar-refractivity contribution in [1.29, 1.82) is 0 Å². The SMILES string of the molecule is CC(C)C[Si](O[Si](CC(C)C)(C(C)(C)C)C(C)(C)C)(C(C)(C)C)C(C)(C)C. The number of hydrogen-bond donors (Lipinski definition) is 0. The largest absolute Gasteiger partial charge is 0.453 e. The second-order valence-electron chi connectivity index (χ2n) is 14.0. The quantitative estimate of drug-likeness (QED) is 0.393. The molecule has 3 heteroatoms. The Morgan fingerprint density at radius 1 is 0.481 bits per heavy atom. The van der Waals surface area contributed by atoms with Gasteiger partial charge in [0, 0.05) is 0 Å². The van der Waals surface area contributed by atoms with E-state index in [0.29, 0.717) is 11.8 Å². The predicted molar refractivity (Wildman–Crippen MR) is 131 cm³/mol. The molecule has 0 aromatic heterocycles. The van der Waals surface area contributed by atoms with E-state index in [4.69, 9.17) is 4.12 Å². The van der Waals surface area contributed by atoms with Crippen LogP contribution < -0.4 is 0 Å². The zero-order valence-corrected chi connectivity index (χ0v) is 24.0. The maximum absolute atomic E-state index is 7.98. The van der Waals surface area contributed by atoms with Crippen molar-refractivity contribution in [2.45, 2.75) is 143 Å². The lowest BCUT2D eigenvalue weighted by molar-refractivity contribution is 0.340. The van der Waals surface area contributed by atoms with Gasteiger partial charge in [-0.2, -0.15) is 0 Å². The molecule has 0 fully saturated rings. The molecule has 0 bridgehead atoms. The van der Waals surface area contributed by atoms with Crippen molar-refractivity contribution in [2.75, 3.05) is 0 Å². The van der Waals surface area contributed by atoms with Gasteiger partial charge < -0.3 is 4.12 Å². The first kappa shape index (κ1) is 27.4. The van der Waals surface area contributed by atoms with E-state index in [1.807, 2.05) is 0 Å². The van der Waals surface area contributed by atoms with Crippen molar-refractivity contribution in [3.8, 4) is 0 Å². The fraction of sp³-hybridized carbons (Fsp3) is 1.00. The molecule has 0 heterocycles. The third-order valence-corrected chi connectivity index (χ3v) is 21.8. The predicted octanol–water partition coefficient (Wildman–Crippen LogP) is 9.41. The Morgan fingerprint density at radius 2 is 0.667 bits per heavy atom. The molecule has 0 saturated carbocycles. The molecule has 0 aromatic rings. The molecule has 0 N–H and O–H groups in total. The maximum Gasteiger partial charge on any atom is 0.190 e. The minimum absolute atomic E-state index is 0.210. The van der Waals surface area contributed by atoms with Crippen molar-refractivity contribution in [3.63, 3.8) is 0 Å². The normalized spacial score (nSPS) is 15.8. The first-order chi connectivity index (χ1) is 11.5. The molecule has 0 amide bonds. The van der Waals surface area contributed by atoms with E-state index >= 15 is 0 Å². The molecule has 164 valence electrons. The molecule has 0 rings (SSSR count). The molecule has 0 saturated heterocycles. The van der Waals surface area contributed by atoms with E-state index < -0.39 is 16.6 Å². The van der Waals surface area contributed by atoms with Crippen molar-refractivity contribution >= 4 is 16.6 Å². The van der Waals surface area contributed by atoms with Gasteiger partial charge in [0.25, 0.3) is 0 Å². The molecule has 0 aromatic carbocycles. The molecular formula is C24H54OSi2. The van der Waals surface area contributed by atoms with E-state index in [9.17, 15) is 0 Å². The van der Waals surface area contributed by atoms with Crippen LogP contribution in [0.15, 0.2) is 0 Å². The van der Waals surface area contributed by atoms with Gasteiger partial charge in [-0.1, -0.05) is 111 Å². The third kappa shape index (κ3) is 5.72. The van der Waals surface area contributed by atoms with Crippen molar-refractivity contribution in [3.05, 3.63) is 0 Å². The highest BCUT2D eigenvalue weighted by molar-refractivity contribution is 6.92. The Hall–Kier alpha value is 0.394. The Bertz CT molecular complexity index is 393. The Balaban J connectivity index is 6.97. The monoisotopic (exact) mass is 414 g/mol. The van der Waals surface area contributed by atoms with Crippen LogP contribution in [0.2, 0.25) is 32.2 Å². The van der Waals surface area contributed by atoms with Gasteiger partial charge in [0.15, 0.2) is 16.6 Å². The van der Waals surface area contributed by atoms with Crippen molar-refractivity contribution in [2.24, 2.45) is 11.8 Å². The summed E-state index contributed by atoms with van der Waals surface area (Å²) in [5.74, 6) is 1.33. The summed E-state index contributed by atoms with van der Waals surface area (Å²) in [4.78, 5) is 0. The van der Waals surface area contributed by atoms with Gasteiger partial charge in [0.2, 0.25) is 0 Å². The van der Waals surface area contributed by atoms with Gasteiger partial charge in [-0.25, -0.2) is 0 Å². The average molecular weight is 415 g/mol. The van der Waals surface area contributed by atoms with Crippen molar-refractivity contribution < 1.29 is 4.12 Å². The molecule has 0 aliphatic carbocycles. The van der Waals surface area contributed by atoms with Crippen LogP contribution in [0, 0.1) is 11.8 Å². The van der Waals surface area contributed by atoms with Crippen LogP contribution in [0.4, 0.5) is 0 Å². The van der Waals surface area contributed by atoms with E-state index in [-0.39, 0.29) is 20.2 Å². The topological polar surface area (TPSA) is 9.23 Å². The Labute approximate surface area is 175 Å². The highest BCUT2D eigenvalue weighted by Crippen LogP contribution is 2.63. The smallest absolute Gasteiger partial charge is 0.190 e. The summed E-state index contributed by atoms with van der Waals surface area (Å²) in [5, 5.41) is 0.838.